The van der Waals surface area contributed by atoms with Crippen molar-refractivity contribution in [2.24, 2.45) is 42.3 Å². The largest absolute Gasteiger partial charge is 0.295 e. The van der Waals surface area contributed by atoms with Crippen LogP contribution in [-0.4, -0.2) is 22.8 Å². The summed E-state index contributed by atoms with van der Waals surface area (Å²) in [6.45, 7) is 57.5. The minimum atomic E-state index is -2.12. The van der Waals surface area contributed by atoms with Gasteiger partial charge in [-0.15, -0.1) is 0 Å². The lowest BCUT2D eigenvalue weighted by molar-refractivity contribution is -0.660. The van der Waals surface area contributed by atoms with E-state index in [1.54, 1.807) is 12.1 Å². The molecule has 11 nitrogen and oxygen atoms in total. The number of rotatable bonds is 21. The highest BCUT2D eigenvalue weighted by Crippen LogP contribution is 2.43. The van der Waals surface area contributed by atoms with Crippen molar-refractivity contribution in [1.29, 1.82) is 0 Å². The van der Waals surface area contributed by atoms with Crippen LogP contribution in [0.4, 0.5) is 0 Å². The Morgan fingerprint density at radius 3 is 0.940 bits per heavy atom. The number of hydrogen-bond acceptors (Lipinski definition) is 0. The Kier molecular flexibility index (Phi) is 32.1. The topological polar surface area (TPSA) is 47.9 Å². The number of para-hydroxylation sites is 5. The van der Waals surface area contributed by atoms with Gasteiger partial charge in [-0.05, 0) is 230 Å². The standard InChI is InChI=1S/2C26H35N2.2C23H29N2.C21H19N2.C19H26N/c2*1-17(2)21-15-23(18(3)4)25(24(16-21)19(5)6)28-14-13-27(8)26(28)22-12-10-9-11-20(22)7;2*1-16(2)19-12-9-13-20(17(3)4)22(19)25-15-14-24(6)23(25)21-11-8-7-10-18(21)5;1-16-10-6-7-13-18(16)21-22(2)19-14-8-9-15-20(19)23(21)17-11-4-3-5-12-17;1-13-8-9-16(14(2)10-13)18-11-17(19(4,5)6)15(3)12-20(18)7/h2*9-19H,1-8H3;2*7-17H,1-6H3;3-15H,1-2H3;8-12H,1-7H3/q6*+1/i17D,18D,19D;;16D,17D;;;1D3,3D2. The van der Waals surface area contributed by atoms with Crippen LogP contribution < -0.4 is 27.4 Å². The van der Waals surface area contributed by atoms with Crippen LogP contribution in [0.2, 0.25) is 0 Å². The van der Waals surface area contributed by atoms with Crippen LogP contribution in [0.5, 0.6) is 0 Å². The molecule has 0 bridgehead atoms. The van der Waals surface area contributed by atoms with Crippen LogP contribution in [0, 0.1) is 55.3 Å². The third-order valence-electron chi connectivity index (χ3n) is 28.9. The van der Waals surface area contributed by atoms with Crippen molar-refractivity contribution in [2.75, 3.05) is 0 Å². The van der Waals surface area contributed by atoms with Gasteiger partial charge < -0.3 is 0 Å². The molecule has 0 N–H and O–H groups in total. The van der Waals surface area contributed by atoms with Crippen molar-refractivity contribution in [3.8, 4) is 96.6 Å². The summed E-state index contributed by atoms with van der Waals surface area (Å²) in [4.78, 5) is 0. The summed E-state index contributed by atoms with van der Waals surface area (Å²) in [5, 5.41) is 0. The van der Waals surface area contributed by atoms with Gasteiger partial charge in [-0.3, -0.25) is 0 Å². The highest BCUT2D eigenvalue weighted by atomic mass is 15.2. The van der Waals surface area contributed by atoms with E-state index in [1.807, 2.05) is 194 Å². The Balaban J connectivity index is 0.000000158. The predicted octanol–water partition coefficient (Wildman–Crippen LogP) is 33.2. The first-order valence-electron chi connectivity index (χ1n) is 58.3. The van der Waals surface area contributed by atoms with Crippen LogP contribution in [0.25, 0.3) is 108 Å². The maximum Gasteiger partial charge on any atom is 0.295 e. The van der Waals surface area contributed by atoms with Gasteiger partial charge in [0.1, 0.15) is 85.1 Å². The fourth-order valence-corrected chi connectivity index (χ4v) is 20.6. The summed E-state index contributed by atoms with van der Waals surface area (Å²) in [5.74, 6) is 3.96. The molecule has 0 saturated heterocycles. The zero-order valence-corrected chi connectivity index (χ0v) is 95.9. The number of aromatic nitrogens is 11. The van der Waals surface area contributed by atoms with Crippen molar-refractivity contribution in [1.82, 2.24) is 22.8 Å². The molecule has 0 atom stereocenters. The Hall–Kier alpha value is -13.9. The second-order valence-corrected chi connectivity index (χ2v) is 44.2. The maximum atomic E-state index is 8.95. The Morgan fingerprint density at radius 2 is 0.604 bits per heavy atom. The number of hydrogen-bond donors (Lipinski definition) is 0. The van der Waals surface area contributed by atoms with Gasteiger partial charge in [-0.2, -0.15) is 22.8 Å². The van der Waals surface area contributed by atoms with Crippen LogP contribution in [-0.2, 0) is 47.7 Å². The molecule has 6 heterocycles. The average molecular weight is 2000 g/mol. The van der Waals surface area contributed by atoms with Gasteiger partial charge in [0.15, 0.2) is 17.2 Å². The van der Waals surface area contributed by atoms with Crippen molar-refractivity contribution in [2.45, 2.75) is 279 Å². The smallest absolute Gasteiger partial charge is 0.232 e. The van der Waals surface area contributed by atoms with Gasteiger partial charge in [-0.25, -0.2) is 27.4 Å². The molecule has 0 unspecified atom stereocenters. The number of fused-ring (bicyclic) bond motifs is 1. The van der Waals surface area contributed by atoms with E-state index in [-0.39, 0.29) is 5.41 Å². The van der Waals surface area contributed by atoms with Gasteiger partial charge >= 0.3 is 0 Å². The van der Waals surface area contributed by atoms with Gasteiger partial charge in [0, 0.05) is 75.4 Å². The minimum absolute atomic E-state index is 0.189. The first-order chi connectivity index (χ1) is 74.4. The number of nitrogens with zero attached hydrogens (tertiary/aromatic N) is 11. The SMILES string of the molecule is Cc1ccccc1-c1n(-c2c(C(C)C)cc(C(C)C)cc2C(C)C)cc[n+]1C.Cc1ccccc1-c1n(-c2c(C(C)C)cccc2C(C)C)cc[n+]1C.Cc1ccccc1-c1n(-c2ccccc2)c2ccccc2[n+]1C.[2H]C(C)(C)c1cc(C([2H])(C)C)c(-n2cc[n+](C)c2-c2ccccc2C)c(C([2H])(C)C)c1.[2H]C(C)(C)c1cccc(C([2H])(C)C)c1-n1cc[n+](C)c1-c1ccccc1C.[2H]C([2H])c1c[n+](C)c(-c2ccc(C([2H])([2H])[2H])cc2C)cc1C(C)(C)C. The monoisotopic (exact) mass is 1990 g/mol. The molecular formula is C138H173N11+6. The summed E-state index contributed by atoms with van der Waals surface area (Å²) < 4.78 is 107. The van der Waals surface area contributed by atoms with E-state index in [9.17, 15) is 0 Å². The van der Waals surface area contributed by atoms with Crippen molar-refractivity contribution >= 4 is 11.0 Å². The summed E-state index contributed by atoms with van der Waals surface area (Å²) in [6, 6.07) is 90.4. The Bertz CT molecular complexity index is 8050. The lowest BCUT2D eigenvalue weighted by Crippen LogP contribution is -2.33. The number of aryl methyl sites for hydroxylation is 14. The summed E-state index contributed by atoms with van der Waals surface area (Å²) in [5.41, 5.74) is 36.5. The molecule has 774 valence electrons. The van der Waals surface area contributed by atoms with Gasteiger partial charge in [0.05, 0.1) is 63.1 Å². The highest BCUT2D eigenvalue weighted by Gasteiger charge is 2.35. The summed E-state index contributed by atoms with van der Waals surface area (Å²) in [7, 11) is 12.4. The molecule has 149 heavy (non-hydrogen) atoms. The summed E-state index contributed by atoms with van der Waals surface area (Å²) in [6.07, 6.45) is 18.7. The molecule has 0 aliphatic rings. The van der Waals surface area contributed by atoms with Gasteiger partial charge in [0.25, 0.3) is 29.1 Å². The van der Waals surface area contributed by atoms with E-state index in [4.69, 9.17) is 13.7 Å². The third kappa shape index (κ3) is 24.8. The molecule has 0 aliphatic carbocycles. The second kappa shape index (κ2) is 48.6. The molecule has 0 fully saturated rings. The van der Waals surface area contributed by atoms with Crippen LogP contribution in [0.3, 0.4) is 0 Å². The molecule has 0 radical (unpaired) electrons. The van der Waals surface area contributed by atoms with Crippen molar-refractivity contribution in [3.63, 3.8) is 0 Å². The first kappa shape index (κ1) is 98.4. The molecule has 0 spiro atoms. The average Bonchev–Trinajstić information content (AvgIpc) is 1.38. The summed E-state index contributed by atoms with van der Waals surface area (Å²) >= 11 is 0. The normalized spacial score (nSPS) is 13.0. The molecular weight excluding hydrogens is 1810 g/mol. The zero-order valence-electron chi connectivity index (χ0n) is 106. The fraction of sp³-hybridized carbons (Fsp3) is 0.348. The molecule has 11 heteroatoms. The maximum absolute atomic E-state index is 8.95. The molecule has 6 aromatic heterocycles. The Morgan fingerprint density at radius 1 is 0.275 bits per heavy atom. The van der Waals surface area contributed by atoms with Crippen molar-refractivity contribution < 1.29 is 41.1 Å². The molecule has 0 aliphatic heterocycles. The van der Waals surface area contributed by atoms with Crippen LogP contribution in [0.15, 0.2) is 317 Å². The molecule has 18 rings (SSSR count). The lowest BCUT2D eigenvalue weighted by atomic mass is 9.83. The lowest BCUT2D eigenvalue weighted by Gasteiger charge is -2.21. The number of pyridine rings is 1. The van der Waals surface area contributed by atoms with Gasteiger partial charge in [0.2, 0.25) is 5.69 Å². The quantitative estimate of drug-likeness (QED) is 0.0644. The van der Waals surface area contributed by atoms with E-state index < -0.39 is 43.2 Å². The molecule has 12 aromatic carbocycles. The van der Waals surface area contributed by atoms with Crippen molar-refractivity contribution in [3.05, 3.63) is 422 Å². The second-order valence-electron chi connectivity index (χ2n) is 44.2. The van der Waals surface area contributed by atoms with Gasteiger partial charge in [-0.1, -0.05) is 359 Å². The van der Waals surface area contributed by atoms with E-state index in [0.29, 0.717) is 40.7 Å². The van der Waals surface area contributed by atoms with Crippen LogP contribution in [0.1, 0.15) is 338 Å². The minimum Gasteiger partial charge on any atom is -0.232 e. The third-order valence-corrected chi connectivity index (χ3v) is 28.9. The zero-order chi connectivity index (χ0) is 117. The fourth-order valence-electron chi connectivity index (χ4n) is 20.6. The van der Waals surface area contributed by atoms with E-state index in [0.717, 1.165) is 84.4 Å². The molecule has 18 aromatic rings. The number of benzene rings is 12. The first-order valence-corrected chi connectivity index (χ1v) is 53.1. The van der Waals surface area contributed by atoms with Crippen LogP contribution >= 0.6 is 0 Å². The van der Waals surface area contributed by atoms with E-state index in [2.05, 4.69) is 404 Å². The van der Waals surface area contributed by atoms with E-state index in [1.165, 1.54) is 118 Å². The number of imidazole rings is 5. The highest BCUT2D eigenvalue weighted by molar-refractivity contribution is 5.80. The Labute approximate surface area is 909 Å². The molecule has 0 amide bonds. The predicted molar refractivity (Wildman–Crippen MR) is 630 cm³/mol. The molecule has 0 saturated carbocycles. The van der Waals surface area contributed by atoms with E-state index >= 15 is 0 Å².